The summed E-state index contributed by atoms with van der Waals surface area (Å²) in [6, 6.07) is 6.84. The number of aryl methyl sites for hydroxylation is 1. The second kappa shape index (κ2) is 5.54. The smallest absolute Gasteiger partial charge is 0.0431 e. The van der Waals surface area contributed by atoms with Crippen LogP contribution in [0.5, 0.6) is 0 Å². The van der Waals surface area contributed by atoms with Gasteiger partial charge in [-0.15, -0.1) is 0 Å². The van der Waals surface area contributed by atoms with Gasteiger partial charge in [-0.05, 0) is 31.9 Å². The van der Waals surface area contributed by atoms with Crippen LogP contribution in [0.2, 0.25) is 0 Å². The lowest BCUT2D eigenvalue weighted by atomic mass is 10.1. The topological polar surface area (TPSA) is 35.9 Å². The Morgan fingerprint density at radius 1 is 1.33 bits per heavy atom. The number of benzene rings is 1. The third-order valence-electron chi connectivity index (χ3n) is 2.30. The number of rotatable bonds is 3. The van der Waals surface area contributed by atoms with E-state index < -0.39 is 0 Å². The summed E-state index contributed by atoms with van der Waals surface area (Å²) in [7, 11) is 0. The van der Waals surface area contributed by atoms with Crippen LogP contribution in [0, 0.1) is 12.3 Å². The molecule has 0 aromatic heterocycles. The van der Waals surface area contributed by atoms with Crippen LogP contribution in [-0.4, -0.2) is 12.3 Å². The van der Waals surface area contributed by atoms with Gasteiger partial charge in [0.15, 0.2) is 0 Å². The normalized spacial score (nSPS) is 13.8. The second-order valence-corrected chi connectivity index (χ2v) is 3.65. The van der Waals surface area contributed by atoms with Gasteiger partial charge < -0.3 is 10.7 Å². The van der Waals surface area contributed by atoms with Gasteiger partial charge in [-0.2, -0.15) is 0 Å². The monoisotopic (exact) mass is 204 g/mol. The summed E-state index contributed by atoms with van der Waals surface area (Å²) in [5.41, 5.74) is 3.30. The lowest BCUT2D eigenvalue weighted by Crippen LogP contribution is -2.03. The van der Waals surface area contributed by atoms with E-state index in [1.807, 2.05) is 26.8 Å². The van der Waals surface area contributed by atoms with Crippen molar-refractivity contribution in [1.82, 2.24) is 0 Å². The largest absolute Gasteiger partial charge is 0.382 e. The molecule has 0 heterocycles. The van der Waals surface area contributed by atoms with Gasteiger partial charge in [0, 0.05) is 23.5 Å². The Morgan fingerprint density at radius 2 is 2.00 bits per heavy atom. The van der Waals surface area contributed by atoms with E-state index in [2.05, 4.69) is 17.4 Å². The molecule has 1 aromatic carbocycles. The highest BCUT2D eigenvalue weighted by atomic mass is 15.0. The summed E-state index contributed by atoms with van der Waals surface area (Å²) in [4.78, 5) is 0. The number of hydrogen-bond acceptors (Lipinski definition) is 2. The van der Waals surface area contributed by atoms with Crippen molar-refractivity contribution in [1.29, 1.82) is 5.41 Å². The van der Waals surface area contributed by atoms with E-state index in [9.17, 15) is 0 Å². The molecule has 1 fully saturated rings. The van der Waals surface area contributed by atoms with Crippen LogP contribution in [0.1, 0.15) is 37.8 Å². The van der Waals surface area contributed by atoms with Crippen LogP contribution < -0.4 is 5.32 Å². The van der Waals surface area contributed by atoms with Gasteiger partial charge in [0.05, 0.1) is 0 Å². The number of nitrogens with one attached hydrogen (secondary N) is 2. The van der Waals surface area contributed by atoms with Gasteiger partial charge in [0.25, 0.3) is 0 Å². The quantitative estimate of drug-likeness (QED) is 0.725. The van der Waals surface area contributed by atoms with E-state index in [0.717, 1.165) is 11.3 Å². The lowest BCUT2D eigenvalue weighted by Gasteiger charge is -2.08. The van der Waals surface area contributed by atoms with Crippen LogP contribution >= 0.6 is 0 Å². The minimum atomic E-state index is 0.654. The summed E-state index contributed by atoms with van der Waals surface area (Å²) in [5.74, 6) is 0. The minimum Gasteiger partial charge on any atom is -0.382 e. The first kappa shape index (κ1) is 11.8. The summed E-state index contributed by atoms with van der Waals surface area (Å²) in [6.07, 6.45) is 3.95. The summed E-state index contributed by atoms with van der Waals surface area (Å²) >= 11 is 0. The average Bonchev–Trinajstić information content (AvgIpc) is 3.07. The van der Waals surface area contributed by atoms with E-state index in [1.54, 1.807) is 0 Å². The van der Waals surface area contributed by atoms with Crippen molar-refractivity contribution in [3.05, 3.63) is 29.3 Å². The molecule has 0 spiro atoms. The van der Waals surface area contributed by atoms with E-state index in [1.165, 1.54) is 24.6 Å². The molecule has 0 saturated heterocycles. The van der Waals surface area contributed by atoms with Gasteiger partial charge in [-0.3, -0.25) is 0 Å². The molecular formula is C13H20N2. The molecule has 1 saturated carbocycles. The van der Waals surface area contributed by atoms with Crippen molar-refractivity contribution in [2.75, 3.05) is 5.32 Å². The van der Waals surface area contributed by atoms with Gasteiger partial charge in [-0.25, -0.2) is 0 Å². The highest BCUT2D eigenvalue weighted by Crippen LogP contribution is 2.26. The first-order valence-corrected chi connectivity index (χ1v) is 5.67. The Bertz CT molecular complexity index is 327. The first-order chi connectivity index (χ1) is 7.29. The summed E-state index contributed by atoms with van der Waals surface area (Å²) in [5, 5.41) is 10.7. The Balaban J connectivity index is 0.000000531. The second-order valence-electron chi connectivity index (χ2n) is 3.65. The molecule has 15 heavy (non-hydrogen) atoms. The molecule has 1 aliphatic carbocycles. The standard InChI is InChI=1S/C11H14N2.C2H6/c1-8-2-5-11(9(6-8)7-12)13-10-3-4-10;1-2/h2,5-7,10,12-13H,3-4H2,1H3;1-2H3. The van der Waals surface area contributed by atoms with Crippen LogP contribution in [0.4, 0.5) is 5.69 Å². The fourth-order valence-corrected chi connectivity index (χ4v) is 1.38. The SMILES string of the molecule is CC.Cc1ccc(NC2CC2)c(C=N)c1. The lowest BCUT2D eigenvalue weighted by molar-refractivity contribution is 1.15. The molecule has 2 nitrogen and oxygen atoms in total. The van der Waals surface area contributed by atoms with Crippen LogP contribution in [0.25, 0.3) is 0 Å². The van der Waals surface area contributed by atoms with Crippen molar-refractivity contribution in [2.45, 2.75) is 39.7 Å². The highest BCUT2D eigenvalue weighted by molar-refractivity contribution is 5.86. The fourth-order valence-electron chi connectivity index (χ4n) is 1.38. The summed E-state index contributed by atoms with van der Waals surface area (Å²) in [6.45, 7) is 6.05. The van der Waals surface area contributed by atoms with Crippen molar-refractivity contribution in [2.24, 2.45) is 0 Å². The Hall–Kier alpha value is -1.31. The van der Waals surface area contributed by atoms with E-state index in [-0.39, 0.29) is 0 Å². The van der Waals surface area contributed by atoms with Gasteiger partial charge >= 0.3 is 0 Å². The zero-order chi connectivity index (χ0) is 11.3. The fraction of sp³-hybridized carbons (Fsp3) is 0.462. The molecule has 2 rings (SSSR count). The third kappa shape index (κ3) is 3.39. The predicted molar refractivity (Wildman–Crippen MR) is 67.1 cm³/mol. The third-order valence-corrected chi connectivity index (χ3v) is 2.30. The molecule has 0 amide bonds. The van der Waals surface area contributed by atoms with E-state index in [0.29, 0.717) is 6.04 Å². The van der Waals surface area contributed by atoms with Crippen LogP contribution in [-0.2, 0) is 0 Å². The molecule has 0 atom stereocenters. The zero-order valence-electron chi connectivity index (χ0n) is 9.80. The van der Waals surface area contributed by atoms with Gasteiger partial charge in [0.1, 0.15) is 0 Å². The Morgan fingerprint density at radius 3 is 2.53 bits per heavy atom. The van der Waals surface area contributed by atoms with Gasteiger partial charge in [0.2, 0.25) is 0 Å². The maximum atomic E-state index is 7.28. The molecule has 0 unspecified atom stereocenters. The zero-order valence-corrected chi connectivity index (χ0v) is 9.80. The molecule has 0 radical (unpaired) electrons. The van der Waals surface area contributed by atoms with Gasteiger partial charge in [-0.1, -0.05) is 25.5 Å². The van der Waals surface area contributed by atoms with Crippen molar-refractivity contribution in [3.8, 4) is 0 Å². The van der Waals surface area contributed by atoms with Crippen molar-refractivity contribution >= 4 is 11.9 Å². The molecule has 1 aliphatic rings. The maximum Gasteiger partial charge on any atom is 0.0431 e. The van der Waals surface area contributed by atoms with Crippen molar-refractivity contribution in [3.63, 3.8) is 0 Å². The molecule has 1 aromatic rings. The van der Waals surface area contributed by atoms with Crippen LogP contribution in [0.15, 0.2) is 18.2 Å². The number of hydrogen-bond donors (Lipinski definition) is 2. The number of anilines is 1. The van der Waals surface area contributed by atoms with E-state index in [4.69, 9.17) is 5.41 Å². The molecule has 2 heteroatoms. The Kier molecular flexibility index (Phi) is 4.35. The Labute approximate surface area is 92.2 Å². The average molecular weight is 204 g/mol. The molecule has 2 N–H and O–H groups in total. The first-order valence-electron chi connectivity index (χ1n) is 5.67. The van der Waals surface area contributed by atoms with Crippen LogP contribution in [0.3, 0.4) is 0 Å². The predicted octanol–water partition coefficient (Wildman–Crippen LogP) is 3.59. The maximum absolute atomic E-state index is 7.28. The molecular weight excluding hydrogens is 184 g/mol. The van der Waals surface area contributed by atoms with Crippen molar-refractivity contribution < 1.29 is 0 Å². The van der Waals surface area contributed by atoms with E-state index >= 15 is 0 Å². The molecule has 0 bridgehead atoms. The molecule has 0 aliphatic heterocycles. The molecule has 82 valence electrons. The minimum absolute atomic E-state index is 0.654. The highest BCUT2D eigenvalue weighted by Gasteiger charge is 2.21. The summed E-state index contributed by atoms with van der Waals surface area (Å²) < 4.78 is 0.